The van der Waals surface area contributed by atoms with Gasteiger partial charge in [0.2, 0.25) is 5.91 Å². The van der Waals surface area contributed by atoms with Crippen molar-refractivity contribution in [2.75, 3.05) is 59.5 Å². The lowest BCUT2D eigenvalue weighted by atomic mass is 9.87. The van der Waals surface area contributed by atoms with Gasteiger partial charge in [0.15, 0.2) is 0 Å². The molecule has 3 rings (SSSR count). The lowest BCUT2D eigenvalue weighted by Crippen LogP contribution is -2.48. The highest BCUT2D eigenvalue weighted by molar-refractivity contribution is 5.79. The van der Waals surface area contributed by atoms with Crippen LogP contribution in [0.25, 0.3) is 0 Å². The van der Waals surface area contributed by atoms with E-state index >= 15 is 0 Å². The fourth-order valence-corrected chi connectivity index (χ4v) is 4.59. The van der Waals surface area contributed by atoms with E-state index in [1.165, 1.54) is 45.4 Å². The molecule has 2 aliphatic heterocycles. The fourth-order valence-electron chi connectivity index (χ4n) is 4.59. The summed E-state index contributed by atoms with van der Waals surface area (Å²) in [6, 6.07) is 0.413. The Labute approximate surface area is 153 Å². The van der Waals surface area contributed by atoms with Crippen LogP contribution in [0.1, 0.15) is 51.4 Å². The normalized spacial score (nSPS) is 25.2. The molecule has 5 nitrogen and oxygen atoms in total. The molecule has 1 saturated carbocycles. The van der Waals surface area contributed by atoms with Crippen molar-refractivity contribution in [3.63, 3.8) is 0 Å². The first kappa shape index (κ1) is 19.1. The lowest BCUT2D eigenvalue weighted by molar-refractivity contribution is -0.141. The number of hydrogen-bond acceptors (Lipinski definition) is 4. The minimum Gasteiger partial charge on any atom is -0.381 e. The maximum absolute atomic E-state index is 13.2. The van der Waals surface area contributed by atoms with Gasteiger partial charge in [-0.05, 0) is 45.7 Å². The molecule has 0 radical (unpaired) electrons. The van der Waals surface area contributed by atoms with E-state index in [-0.39, 0.29) is 0 Å². The first-order chi connectivity index (χ1) is 12.2. The molecule has 0 N–H and O–H groups in total. The van der Waals surface area contributed by atoms with E-state index in [1.54, 1.807) is 0 Å². The van der Waals surface area contributed by atoms with Crippen molar-refractivity contribution in [1.82, 2.24) is 14.7 Å². The van der Waals surface area contributed by atoms with E-state index in [0.29, 0.717) is 17.9 Å². The molecule has 0 aromatic carbocycles. The lowest BCUT2D eigenvalue weighted by Gasteiger charge is -2.38. The maximum Gasteiger partial charge on any atom is 0.225 e. The molecule has 144 valence electrons. The average molecular weight is 352 g/mol. The van der Waals surface area contributed by atoms with Crippen molar-refractivity contribution >= 4 is 5.91 Å². The number of ether oxygens (including phenoxy) is 1. The Morgan fingerprint density at radius 2 is 1.68 bits per heavy atom. The van der Waals surface area contributed by atoms with Crippen LogP contribution in [-0.2, 0) is 9.53 Å². The third-order valence-electron chi connectivity index (χ3n) is 6.34. The Morgan fingerprint density at radius 1 is 1.00 bits per heavy atom. The molecule has 0 aromatic heterocycles. The molecule has 0 aromatic rings. The van der Waals surface area contributed by atoms with E-state index in [0.717, 1.165) is 58.4 Å². The van der Waals surface area contributed by atoms with Gasteiger partial charge in [-0.2, -0.15) is 0 Å². The summed E-state index contributed by atoms with van der Waals surface area (Å²) in [6.07, 6.45) is 9.15. The molecule has 0 atom stereocenters. The summed E-state index contributed by atoms with van der Waals surface area (Å²) in [6.45, 7) is 8.39. The highest BCUT2D eigenvalue weighted by Crippen LogP contribution is 2.27. The minimum absolute atomic E-state index is 0.292. The van der Waals surface area contributed by atoms with E-state index in [1.807, 2.05) is 0 Å². The zero-order valence-corrected chi connectivity index (χ0v) is 16.1. The van der Waals surface area contributed by atoms with Crippen molar-refractivity contribution in [3.05, 3.63) is 0 Å². The van der Waals surface area contributed by atoms with Crippen LogP contribution in [0.15, 0.2) is 0 Å². The summed E-state index contributed by atoms with van der Waals surface area (Å²) in [7, 11) is 2.20. The second-order valence-corrected chi connectivity index (χ2v) is 8.21. The third-order valence-corrected chi connectivity index (χ3v) is 6.34. The molecule has 3 aliphatic rings. The Morgan fingerprint density at radius 3 is 2.36 bits per heavy atom. The third kappa shape index (κ3) is 5.66. The van der Waals surface area contributed by atoms with Crippen molar-refractivity contribution < 1.29 is 9.53 Å². The van der Waals surface area contributed by atoms with Gasteiger partial charge in [0.05, 0.1) is 0 Å². The molecular weight excluding hydrogens is 314 g/mol. The number of carbonyl (C=O) groups is 1. The van der Waals surface area contributed by atoms with E-state index in [4.69, 9.17) is 4.74 Å². The summed E-state index contributed by atoms with van der Waals surface area (Å²) in [4.78, 5) is 20.4. The van der Waals surface area contributed by atoms with Crippen LogP contribution in [0, 0.1) is 5.92 Å². The SMILES string of the molecule is CN1CCN(CCCN(C(=O)C2CCCCC2)C2CCOCC2)CC1. The van der Waals surface area contributed by atoms with Gasteiger partial charge < -0.3 is 19.4 Å². The van der Waals surface area contributed by atoms with Crippen LogP contribution in [0.2, 0.25) is 0 Å². The standard InChI is InChI=1S/C20H37N3O2/c1-21-12-14-22(15-13-21)10-5-11-23(19-8-16-25-17-9-19)20(24)18-6-3-2-4-7-18/h18-19H,2-17H2,1H3. The van der Waals surface area contributed by atoms with Gasteiger partial charge in [0.1, 0.15) is 0 Å². The topological polar surface area (TPSA) is 36.0 Å². The number of amides is 1. The van der Waals surface area contributed by atoms with E-state index < -0.39 is 0 Å². The molecule has 5 heteroatoms. The zero-order chi connectivity index (χ0) is 17.5. The smallest absolute Gasteiger partial charge is 0.225 e. The van der Waals surface area contributed by atoms with E-state index in [2.05, 4.69) is 21.7 Å². The Bertz CT molecular complexity index is 398. The predicted molar refractivity (Wildman–Crippen MR) is 101 cm³/mol. The largest absolute Gasteiger partial charge is 0.381 e. The molecule has 2 saturated heterocycles. The van der Waals surface area contributed by atoms with Gasteiger partial charge in [-0.25, -0.2) is 0 Å². The summed E-state index contributed by atoms with van der Waals surface area (Å²) < 4.78 is 5.53. The Hall–Kier alpha value is -0.650. The number of nitrogens with zero attached hydrogens (tertiary/aromatic N) is 3. The van der Waals surface area contributed by atoms with Crippen molar-refractivity contribution in [1.29, 1.82) is 0 Å². The van der Waals surface area contributed by atoms with Crippen molar-refractivity contribution in [3.8, 4) is 0 Å². The summed E-state index contributed by atoms with van der Waals surface area (Å²) >= 11 is 0. The van der Waals surface area contributed by atoms with Crippen LogP contribution in [0.3, 0.4) is 0 Å². The second-order valence-electron chi connectivity index (χ2n) is 8.21. The second kappa shape index (κ2) is 9.89. The van der Waals surface area contributed by atoms with Crippen LogP contribution in [-0.4, -0.2) is 86.2 Å². The van der Waals surface area contributed by atoms with Crippen molar-refractivity contribution in [2.24, 2.45) is 5.92 Å². The van der Waals surface area contributed by atoms with Crippen LogP contribution in [0.5, 0.6) is 0 Å². The molecule has 2 heterocycles. The first-order valence-corrected chi connectivity index (χ1v) is 10.5. The quantitative estimate of drug-likeness (QED) is 0.735. The predicted octanol–water partition coefficient (Wildman–Crippen LogP) is 2.21. The molecular formula is C20H37N3O2. The van der Waals surface area contributed by atoms with Crippen LogP contribution in [0.4, 0.5) is 0 Å². The van der Waals surface area contributed by atoms with Gasteiger partial charge in [-0.1, -0.05) is 19.3 Å². The van der Waals surface area contributed by atoms with Gasteiger partial charge in [0, 0.05) is 57.9 Å². The van der Waals surface area contributed by atoms with Gasteiger partial charge in [-0.15, -0.1) is 0 Å². The van der Waals surface area contributed by atoms with Gasteiger partial charge >= 0.3 is 0 Å². The number of hydrogen-bond donors (Lipinski definition) is 0. The van der Waals surface area contributed by atoms with Gasteiger partial charge in [-0.3, -0.25) is 4.79 Å². The number of piperazine rings is 1. The highest BCUT2D eigenvalue weighted by atomic mass is 16.5. The molecule has 0 unspecified atom stereocenters. The number of likely N-dealkylation sites (N-methyl/N-ethyl adjacent to an activating group) is 1. The Balaban J connectivity index is 1.51. The maximum atomic E-state index is 13.2. The van der Waals surface area contributed by atoms with Crippen LogP contribution < -0.4 is 0 Å². The van der Waals surface area contributed by atoms with Crippen LogP contribution >= 0.6 is 0 Å². The van der Waals surface area contributed by atoms with Crippen molar-refractivity contribution in [2.45, 2.75) is 57.4 Å². The molecule has 1 amide bonds. The van der Waals surface area contributed by atoms with Gasteiger partial charge in [0.25, 0.3) is 0 Å². The fraction of sp³-hybridized carbons (Fsp3) is 0.950. The monoisotopic (exact) mass is 351 g/mol. The molecule has 1 aliphatic carbocycles. The minimum atomic E-state index is 0.292. The summed E-state index contributed by atoms with van der Waals surface area (Å²) in [5, 5.41) is 0. The molecule has 3 fully saturated rings. The average Bonchev–Trinajstić information content (AvgIpc) is 2.67. The molecule has 0 spiro atoms. The number of carbonyl (C=O) groups excluding carboxylic acids is 1. The number of rotatable bonds is 6. The first-order valence-electron chi connectivity index (χ1n) is 10.5. The summed E-state index contributed by atoms with van der Waals surface area (Å²) in [5.74, 6) is 0.741. The van der Waals surface area contributed by atoms with E-state index in [9.17, 15) is 4.79 Å². The molecule has 0 bridgehead atoms. The molecule has 25 heavy (non-hydrogen) atoms. The summed E-state index contributed by atoms with van der Waals surface area (Å²) in [5.41, 5.74) is 0. The highest BCUT2D eigenvalue weighted by Gasteiger charge is 2.31. The Kier molecular flexibility index (Phi) is 7.56. The zero-order valence-electron chi connectivity index (χ0n) is 16.1.